The van der Waals surface area contributed by atoms with E-state index in [0.29, 0.717) is 5.92 Å². The van der Waals surface area contributed by atoms with Gasteiger partial charge in [0, 0.05) is 31.7 Å². The number of rotatable bonds is 3. The zero-order valence-corrected chi connectivity index (χ0v) is 14.6. The molecule has 23 heavy (non-hydrogen) atoms. The summed E-state index contributed by atoms with van der Waals surface area (Å²) in [5.41, 5.74) is 0.207. The van der Waals surface area contributed by atoms with Gasteiger partial charge in [-0.2, -0.15) is 0 Å². The van der Waals surface area contributed by atoms with Gasteiger partial charge >= 0.3 is 5.97 Å². The number of hydrogen-bond donors (Lipinski definition) is 0. The van der Waals surface area contributed by atoms with Crippen molar-refractivity contribution in [3.63, 3.8) is 0 Å². The largest absolute Gasteiger partial charge is 0.459 e. The molecular weight excluding hydrogens is 290 g/mol. The molecule has 1 aromatic rings. The van der Waals surface area contributed by atoms with Crippen molar-refractivity contribution in [3.8, 4) is 0 Å². The number of carbonyl (C=O) groups excluding carboxylic acids is 1. The minimum Gasteiger partial charge on any atom is -0.459 e. The van der Waals surface area contributed by atoms with E-state index in [1.54, 1.807) is 12.4 Å². The van der Waals surface area contributed by atoms with Crippen LogP contribution in [0, 0.1) is 11.3 Å². The topological polar surface area (TPSA) is 55.3 Å². The maximum atomic E-state index is 12.9. The molecule has 2 aliphatic rings. The van der Waals surface area contributed by atoms with Crippen LogP contribution in [0.4, 0.5) is 0 Å². The monoisotopic (exact) mass is 317 g/mol. The van der Waals surface area contributed by atoms with Gasteiger partial charge in [0.1, 0.15) is 5.60 Å². The van der Waals surface area contributed by atoms with Gasteiger partial charge < -0.3 is 4.74 Å². The third-order valence-electron chi connectivity index (χ3n) is 5.26. The van der Waals surface area contributed by atoms with E-state index in [1.165, 1.54) is 0 Å². The Kier molecular flexibility index (Phi) is 4.17. The summed E-state index contributed by atoms with van der Waals surface area (Å²) < 4.78 is 5.77. The Morgan fingerprint density at radius 2 is 2.22 bits per heavy atom. The van der Waals surface area contributed by atoms with Crippen LogP contribution in [-0.2, 0) is 9.53 Å². The van der Waals surface area contributed by atoms with E-state index in [1.807, 2.05) is 27.0 Å². The molecule has 3 rings (SSSR count). The number of esters is 1. The zero-order valence-electron chi connectivity index (χ0n) is 14.6. The number of carbonyl (C=O) groups is 1. The van der Waals surface area contributed by atoms with Crippen molar-refractivity contribution in [2.45, 2.75) is 58.6 Å². The lowest BCUT2D eigenvalue weighted by atomic mass is 9.80. The van der Waals surface area contributed by atoms with Gasteiger partial charge in [-0.3, -0.25) is 19.7 Å². The van der Waals surface area contributed by atoms with E-state index in [-0.39, 0.29) is 17.4 Å². The van der Waals surface area contributed by atoms with Crippen LogP contribution in [0.1, 0.15) is 58.7 Å². The molecule has 1 aliphatic carbocycles. The van der Waals surface area contributed by atoms with Gasteiger partial charge in [-0.15, -0.1) is 0 Å². The highest BCUT2D eigenvalue weighted by molar-refractivity contribution is 5.79. The molecule has 1 saturated carbocycles. The number of ether oxygens (including phenoxy) is 1. The van der Waals surface area contributed by atoms with Crippen LogP contribution in [0.2, 0.25) is 0 Å². The summed E-state index contributed by atoms with van der Waals surface area (Å²) in [4.78, 5) is 23.9. The molecule has 1 aliphatic heterocycles. The Morgan fingerprint density at radius 3 is 2.87 bits per heavy atom. The maximum Gasteiger partial charge on any atom is 0.314 e. The summed E-state index contributed by atoms with van der Waals surface area (Å²) in [7, 11) is 0. The molecule has 5 nitrogen and oxygen atoms in total. The van der Waals surface area contributed by atoms with Crippen molar-refractivity contribution in [2.75, 3.05) is 13.1 Å². The Hall–Kier alpha value is -1.49. The lowest BCUT2D eigenvalue weighted by molar-refractivity contribution is -0.168. The van der Waals surface area contributed by atoms with Crippen LogP contribution in [0.15, 0.2) is 18.6 Å². The van der Waals surface area contributed by atoms with E-state index in [4.69, 9.17) is 4.74 Å². The van der Waals surface area contributed by atoms with Crippen molar-refractivity contribution in [1.29, 1.82) is 0 Å². The number of aromatic nitrogens is 2. The highest BCUT2D eigenvalue weighted by Gasteiger charge is 2.56. The molecule has 3 atom stereocenters. The molecule has 0 bridgehead atoms. The summed E-state index contributed by atoms with van der Waals surface area (Å²) in [5, 5.41) is 0. The van der Waals surface area contributed by atoms with Crippen LogP contribution in [0.3, 0.4) is 0 Å². The lowest BCUT2D eigenvalue weighted by Crippen LogP contribution is -2.41. The average molecular weight is 317 g/mol. The van der Waals surface area contributed by atoms with Crippen molar-refractivity contribution in [2.24, 2.45) is 11.3 Å². The standard InChI is InChI=1S/C18H27N3O2/c1-13(15-10-19-8-9-20-15)21-11-14-6-5-7-18(14,12-21)16(22)23-17(2,3)4/h8-10,13-14H,5-7,11-12H2,1-4H3/t13?,14-,18+/m0/s1. The summed E-state index contributed by atoms with van der Waals surface area (Å²) in [6.45, 7) is 9.69. The predicted octanol–water partition coefficient (Wildman–Crippen LogP) is 2.98. The Labute approximate surface area is 138 Å². The van der Waals surface area contributed by atoms with E-state index in [0.717, 1.165) is 38.0 Å². The van der Waals surface area contributed by atoms with Gasteiger partial charge in [-0.05, 0) is 46.5 Å². The first-order valence-corrected chi connectivity index (χ1v) is 8.55. The molecule has 0 radical (unpaired) electrons. The molecule has 126 valence electrons. The van der Waals surface area contributed by atoms with Crippen molar-refractivity contribution in [1.82, 2.24) is 14.9 Å². The average Bonchev–Trinajstić information content (AvgIpc) is 3.03. The summed E-state index contributed by atoms with van der Waals surface area (Å²) in [5.74, 6) is 0.387. The first-order chi connectivity index (χ1) is 10.8. The van der Waals surface area contributed by atoms with Crippen LogP contribution in [0.5, 0.6) is 0 Å². The summed E-state index contributed by atoms with van der Waals surface area (Å²) in [6, 6.07) is 0.175. The van der Waals surface area contributed by atoms with E-state index < -0.39 is 5.60 Å². The van der Waals surface area contributed by atoms with Crippen LogP contribution >= 0.6 is 0 Å². The van der Waals surface area contributed by atoms with Gasteiger partial charge in [-0.1, -0.05) is 6.42 Å². The Morgan fingerprint density at radius 1 is 1.43 bits per heavy atom. The second-order valence-electron chi connectivity index (χ2n) is 7.98. The molecule has 0 aromatic carbocycles. The van der Waals surface area contributed by atoms with E-state index in [2.05, 4.69) is 21.8 Å². The Balaban J connectivity index is 1.78. The van der Waals surface area contributed by atoms with Crippen LogP contribution in [0.25, 0.3) is 0 Å². The fourth-order valence-electron chi connectivity index (χ4n) is 4.05. The molecule has 1 saturated heterocycles. The smallest absolute Gasteiger partial charge is 0.314 e. The number of fused-ring (bicyclic) bond motifs is 1. The van der Waals surface area contributed by atoms with Crippen molar-refractivity contribution in [3.05, 3.63) is 24.3 Å². The SMILES string of the molecule is CC(c1cnccn1)N1C[C@@H]2CCC[C@@]2(C(=O)OC(C)(C)C)C1. The molecule has 1 unspecified atom stereocenters. The number of hydrogen-bond acceptors (Lipinski definition) is 5. The third-order valence-corrected chi connectivity index (χ3v) is 5.26. The second-order valence-corrected chi connectivity index (χ2v) is 7.98. The van der Waals surface area contributed by atoms with Gasteiger partial charge in [0.25, 0.3) is 0 Å². The molecule has 0 spiro atoms. The van der Waals surface area contributed by atoms with Gasteiger partial charge in [0.05, 0.1) is 17.2 Å². The van der Waals surface area contributed by atoms with Crippen molar-refractivity contribution >= 4 is 5.97 Å². The van der Waals surface area contributed by atoms with Crippen LogP contribution < -0.4 is 0 Å². The fourth-order valence-corrected chi connectivity index (χ4v) is 4.05. The zero-order chi connectivity index (χ0) is 16.7. The summed E-state index contributed by atoms with van der Waals surface area (Å²) >= 11 is 0. The minimum atomic E-state index is -0.428. The molecule has 0 N–H and O–H groups in total. The predicted molar refractivity (Wildman–Crippen MR) is 87.6 cm³/mol. The lowest BCUT2D eigenvalue weighted by Gasteiger charge is -2.31. The van der Waals surface area contributed by atoms with Gasteiger partial charge in [-0.25, -0.2) is 0 Å². The molecule has 5 heteroatoms. The number of likely N-dealkylation sites (tertiary alicyclic amines) is 1. The number of nitrogens with zero attached hydrogens (tertiary/aromatic N) is 3. The second kappa shape index (κ2) is 5.86. The summed E-state index contributed by atoms with van der Waals surface area (Å²) in [6.07, 6.45) is 8.42. The third kappa shape index (κ3) is 3.11. The fraction of sp³-hybridized carbons (Fsp3) is 0.722. The Bertz CT molecular complexity index is 569. The van der Waals surface area contributed by atoms with Crippen LogP contribution in [-0.4, -0.2) is 39.5 Å². The molecule has 0 amide bonds. The first-order valence-electron chi connectivity index (χ1n) is 8.55. The minimum absolute atomic E-state index is 0.0126. The molecular formula is C18H27N3O2. The van der Waals surface area contributed by atoms with E-state index in [9.17, 15) is 4.79 Å². The maximum absolute atomic E-state index is 12.9. The van der Waals surface area contributed by atoms with E-state index >= 15 is 0 Å². The molecule has 1 aromatic heterocycles. The van der Waals surface area contributed by atoms with Gasteiger partial charge in [0.2, 0.25) is 0 Å². The quantitative estimate of drug-likeness (QED) is 0.802. The highest BCUT2D eigenvalue weighted by Crippen LogP contribution is 2.51. The van der Waals surface area contributed by atoms with Gasteiger partial charge in [0.15, 0.2) is 0 Å². The normalized spacial score (nSPS) is 29.3. The highest BCUT2D eigenvalue weighted by atomic mass is 16.6. The van der Waals surface area contributed by atoms with Crippen molar-refractivity contribution < 1.29 is 9.53 Å². The molecule has 2 heterocycles. The first kappa shape index (κ1) is 16.4. The molecule has 2 fully saturated rings.